The molecule has 0 amide bonds. The number of carbonyl (C=O) groups excluding carboxylic acids is 1. The Morgan fingerprint density at radius 2 is 1.87 bits per heavy atom. The van der Waals surface area contributed by atoms with Gasteiger partial charge in [-0.2, -0.15) is 0 Å². The molecule has 166 valence electrons. The molecule has 1 aromatic carbocycles. The fourth-order valence-corrected chi connectivity index (χ4v) is 5.08. The lowest BCUT2D eigenvalue weighted by Gasteiger charge is -2.37. The van der Waals surface area contributed by atoms with E-state index in [9.17, 15) is 4.79 Å². The maximum absolute atomic E-state index is 11.6. The SMILES string of the molecule is Bc1cc(CN2CC(C(=O)OC)C2)nc2ccc(O[C@H]3CC[C@H](C(C)(C)C)CC3)cc12. The topological polar surface area (TPSA) is 51.7 Å². The number of nitrogens with zero attached hydrogens (tertiary/aromatic N) is 2. The molecular weight excluding hydrogens is 387 g/mol. The largest absolute Gasteiger partial charge is 0.490 e. The van der Waals surface area contributed by atoms with Crippen LogP contribution in [0.5, 0.6) is 5.75 Å². The van der Waals surface area contributed by atoms with Crippen molar-refractivity contribution in [3.63, 3.8) is 0 Å². The van der Waals surface area contributed by atoms with Gasteiger partial charge >= 0.3 is 5.97 Å². The first-order valence-electron chi connectivity index (χ1n) is 11.6. The van der Waals surface area contributed by atoms with Crippen LogP contribution >= 0.6 is 0 Å². The van der Waals surface area contributed by atoms with Gasteiger partial charge in [-0.05, 0) is 66.7 Å². The molecule has 1 aliphatic heterocycles. The molecule has 4 rings (SSSR count). The first kappa shape index (κ1) is 22.1. The molecule has 0 bridgehead atoms. The summed E-state index contributed by atoms with van der Waals surface area (Å²) in [5, 5.41) is 1.15. The maximum atomic E-state index is 11.6. The van der Waals surface area contributed by atoms with Crippen LogP contribution in [0.4, 0.5) is 0 Å². The molecule has 0 N–H and O–H groups in total. The van der Waals surface area contributed by atoms with Crippen molar-refractivity contribution >= 4 is 30.2 Å². The molecule has 2 aliphatic rings. The molecular formula is C25H35BN2O3. The van der Waals surface area contributed by atoms with Gasteiger partial charge in [0.1, 0.15) is 13.6 Å². The standard InChI is InChI=1S/C25H35BN2O3/c1-25(2,3)17-5-7-19(8-6-17)31-20-9-10-23-21(12-20)22(26)11-18(27-23)15-28-13-16(14-28)24(29)30-4/h9-12,16-17,19H,5-8,13-15,26H2,1-4H3/t17-,19-. The highest BCUT2D eigenvalue weighted by Crippen LogP contribution is 2.38. The Balaban J connectivity index is 1.38. The van der Waals surface area contributed by atoms with E-state index in [4.69, 9.17) is 14.5 Å². The number of likely N-dealkylation sites (tertiary alicyclic amines) is 1. The van der Waals surface area contributed by atoms with Gasteiger partial charge in [0.05, 0.1) is 30.3 Å². The highest BCUT2D eigenvalue weighted by Gasteiger charge is 2.33. The van der Waals surface area contributed by atoms with Crippen LogP contribution in [0, 0.1) is 17.3 Å². The van der Waals surface area contributed by atoms with Crippen molar-refractivity contribution in [2.24, 2.45) is 17.3 Å². The minimum Gasteiger partial charge on any atom is -0.490 e. The molecule has 0 atom stereocenters. The molecule has 0 spiro atoms. The number of esters is 1. The molecule has 1 aliphatic carbocycles. The van der Waals surface area contributed by atoms with Gasteiger partial charge in [0.15, 0.2) is 0 Å². The van der Waals surface area contributed by atoms with E-state index in [2.05, 4.69) is 57.8 Å². The van der Waals surface area contributed by atoms with E-state index in [0.717, 1.165) is 60.7 Å². The van der Waals surface area contributed by atoms with Crippen molar-refractivity contribution in [1.82, 2.24) is 9.88 Å². The van der Waals surface area contributed by atoms with Crippen LogP contribution in [-0.4, -0.2) is 50.0 Å². The number of fused-ring (bicyclic) bond motifs is 1. The van der Waals surface area contributed by atoms with E-state index in [0.29, 0.717) is 11.5 Å². The van der Waals surface area contributed by atoms with E-state index in [1.165, 1.54) is 25.4 Å². The number of ether oxygens (including phenoxy) is 2. The zero-order chi connectivity index (χ0) is 22.2. The van der Waals surface area contributed by atoms with Crippen molar-refractivity contribution in [3.8, 4) is 5.75 Å². The Morgan fingerprint density at radius 1 is 1.16 bits per heavy atom. The van der Waals surface area contributed by atoms with Gasteiger partial charge in [-0.3, -0.25) is 14.7 Å². The van der Waals surface area contributed by atoms with Crippen LogP contribution in [-0.2, 0) is 16.1 Å². The van der Waals surface area contributed by atoms with Crippen LogP contribution in [0.15, 0.2) is 24.3 Å². The molecule has 2 aromatic rings. The lowest BCUT2D eigenvalue weighted by Crippen LogP contribution is -2.50. The quantitative estimate of drug-likeness (QED) is 0.548. The first-order valence-corrected chi connectivity index (χ1v) is 11.6. The van der Waals surface area contributed by atoms with E-state index in [1.807, 2.05) is 0 Å². The van der Waals surface area contributed by atoms with E-state index < -0.39 is 0 Å². The zero-order valence-corrected chi connectivity index (χ0v) is 19.6. The summed E-state index contributed by atoms with van der Waals surface area (Å²) >= 11 is 0. The number of hydrogen-bond acceptors (Lipinski definition) is 5. The minimum atomic E-state index is -0.113. The fraction of sp³-hybridized carbons (Fsp3) is 0.600. The van der Waals surface area contributed by atoms with Gasteiger partial charge < -0.3 is 9.47 Å². The monoisotopic (exact) mass is 422 g/mol. The van der Waals surface area contributed by atoms with Crippen molar-refractivity contribution in [2.45, 2.75) is 59.1 Å². The molecule has 1 aromatic heterocycles. The van der Waals surface area contributed by atoms with Crippen molar-refractivity contribution in [2.75, 3.05) is 20.2 Å². The molecule has 1 saturated heterocycles. The van der Waals surface area contributed by atoms with Gasteiger partial charge in [-0.15, -0.1) is 0 Å². The minimum absolute atomic E-state index is 0.00438. The summed E-state index contributed by atoms with van der Waals surface area (Å²) in [6.45, 7) is 9.31. The number of hydrogen-bond donors (Lipinski definition) is 0. The smallest absolute Gasteiger partial charge is 0.311 e. The van der Waals surface area contributed by atoms with Gasteiger partial charge in [0.2, 0.25) is 0 Å². The third-order valence-electron chi connectivity index (χ3n) is 7.12. The number of benzene rings is 1. The predicted octanol–water partition coefficient (Wildman–Crippen LogP) is 3.08. The van der Waals surface area contributed by atoms with Crippen LogP contribution in [0.1, 0.15) is 52.1 Å². The Labute approximate surface area is 186 Å². The van der Waals surface area contributed by atoms with Crippen molar-refractivity contribution in [1.29, 1.82) is 0 Å². The maximum Gasteiger partial charge on any atom is 0.311 e. The number of rotatable bonds is 5. The molecule has 2 heterocycles. The Hall–Kier alpha value is -2.08. The second-order valence-corrected chi connectivity index (χ2v) is 10.5. The number of pyridine rings is 1. The molecule has 6 heteroatoms. The first-order chi connectivity index (χ1) is 14.7. The summed E-state index contributed by atoms with van der Waals surface area (Å²) < 4.78 is 11.2. The van der Waals surface area contributed by atoms with E-state index in [1.54, 1.807) is 0 Å². The fourth-order valence-electron chi connectivity index (χ4n) is 5.08. The van der Waals surface area contributed by atoms with Crippen molar-refractivity contribution < 1.29 is 14.3 Å². The summed E-state index contributed by atoms with van der Waals surface area (Å²) in [6, 6.07) is 8.45. The van der Waals surface area contributed by atoms with E-state index in [-0.39, 0.29) is 11.9 Å². The summed E-state index contributed by atoms with van der Waals surface area (Å²) in [6.07, 6.45) is 5.09. The van der Waals surface area contributed by atoms with Crippen LogP contribution in [0.3, 0.4) is 0 Å². The van der Waals surface area contributed by atoms with Crippen molar-refractivity contribution in [3.05, 3.63) is 30.0 Å². The third-order valence-corrected chi connectivity index (χ3v) is 7.12. The van der Waals surface area contributed by atoms with Gasteiger partial charge in [0, 0.05) is 19.6 Å². The van der Waals surface area contributed by atoms with Crippen LogP contribution in [0.25, 0.3) is 10.9 Å². The lowest BCUT2D eigenvalue weighted by molar-refractivity contribution is -0.151. The lowest BCUT2D eigenvalue weighted by atomic mass is 9.72. The summed E-state index contributed by atoms with van der Waals surface area (Å²) in [4.78, 5) is 18.7. The normalized spacial score (nSPS) is 22.8. The summed E-state index contributed by atoms with van der Waals surface area (Å²) in [5.74, 6) is 1.64. The van der Waals surface area contributed by atoms with Gasteiger partial charge in [0.25, 0.3) is 0 Å². The molecule has 1 saturated carbocycles. The highest BCUT2D eigenvalue weighted by atomic mass is 16.5. The Bertz CT molecular complexity index is 942. The average molecular weight is 422 g/mol. The molecule has 5 nitrogen and oxygen atoms in total. The summed E-state index contributed by atoms with van der Waals surface area (Å²) in [5.41, 5.74) is 3.66. The molecule has 0 radical (unpaired) electrons. The highest BCUT2D eigenvalue weighted by molar-refractivity contribution is 6.38. The Morgan fingerprint density at radius 3 is 2.52 bits per heavy atom. The number of aromatic nitrogens is 1. The average Bonchev–Trinajstić information content (AvgIpc) is 2.70. The van der Waals surface area contributed by atoms with Gasteiger partial charge in [-0.1, -0.05) is 26.2 Å². The van der Waals surface area contributed by atoms with Crippen LogP contribution in [0.2, 0.25) is 0 Å². The number of carbonyl (C=O) groups is 1. The third kappa shape index (κ3) is 5.06. The second-order valence-electron chi connectivity index (χ2n) is 10.5. The van der Waals surface area contributed by atoms with Crippen LogP contribution < -0.4 is 10.2 Å². The zero-order valence-electron chi connectivity index (χ0n) is 19.6. The molecule has 2 fully saturated rings. The van der Waals surface area contributed by atoms with E-state index >= 15 is 0 Å². The molecule has 0 unspecified atom stereocenters. The van der Waals surface area contributed by atoms with Gasteiger partial charge in [-0.25, -0.2) is 0 Å². The number of methoxy groups -OCH3 is 1. The summed E-state index contributed by atoms with van der Waals surface area (Å²) in [7, 11) is 3.59. The second kappa shape index (κ2) is 8.81. The Kier molecular flexibility index (Phi) is 6.29. The predicted molar refractivity (Wildman–Crippen MR) is 127 cm³/mol. The molecule has 31 heavy (non-hydrogen) atoms.